The molecule has 0 bridgehead atoms. The Labute approximate surface area is 95.2 Å². The number of rotatable bonds is 1. The Bertz CT molecular complexity index is 382. The Morgan fingerprint density at radius 2 is 2.27 bits per heavy atom. The van der Waals surface area contributed by atoms with Crippen LogP contribution in [0, 0.1) is 0 Å². The first-order valence-electron chi connectivity index (χ1n) is 5.68. The van der Waals surface area contributed by atoms with E-state index < -0.39 is 0 Å². The van der Waals surface area contributed by atoms with Crippen molar-refractivity contribution in [3.05, 3.63) is 29.3 Å². The zero-order valence-electron chi connectivity index (χ0n) is 9.08. The molecule has 2 heterocycles. The fourth-order valence-corrected chi connectivity index (χ4v) is 3.44. The van der Waals surface area contributed by atoms with Gasteiger partial charge in [0.25, 0.3) is 0 Å². The summed E-state index contributed by atoms with van der Waals surface area (Å²) >= 11 is 2.07. The Kier molecular flexibility index (Phi) is 2.20. The molecule has 0 saturated carbocycles. The van der Waals surface area contributed by atoms with Gasteiger partial charge in [-0.1, -0.05) is 12.1 Å². The summed E-state index contributed by atoms with van der Waals surface area (Å²) in [4.78, 5) is 0. The highest BCUT2D eigenvalue weighted by Gasteiger charge is 2.34. The molecule has 2 aliphatic rings. The van der Waals surface area contributed by atoms with Crippen LogP contribution in [0.3, 0.4) is 0 Å². The summed E-state index contributed by atoms with van der Waals surface area (Å²) in [5.41, 5.74) is 2.90. The maximum atomic E-state index is 5.64. The minimum absolute atomic E-state index is 0.381. The molecule has 1 unspecified atom stereocenters. The lowest BCUT2D eigenvalue weighted by molar-refractivity contribution is 0.288. The average Bonchev–Trinajstić information content (AvgIpc) is 2.25. The quantitative estimate of drug-likeness (QED) is 0.717. The van der Waals surface area contributed by atoms with Crippen LogP contribution in [-0.4, -0.2) is 12.4 Å². The molecule has 1 aromatic rings. The summed E-state index contributed by atoms with van der Waals surface area (Å²) in [6.45, 7) is 3.24. The molecular weight excluding hydrogens is 204 g/mol. The standard InChI is InChI=1S/C13H16OS/c1-13(6-8-15-13)11-4-5-12-10(9-11)3-2-7-14-12/h4-5,9H,2-3,6-8H2,1H3. The summed E-state index contributed by atoms with van der Waals surface area (Å²) in [5.74, 6) is 2.42. The first-order chi connectivity index (χ1) is 7.28. The summed E-state index contributed by atoms with van der Waals surface area (Å²) in [6, 6.07) is 6.77. The fraction of sp³-hybridized carbons (Fsp3) is 0.538. The number of thioether (sulfide) groups is 1. The third kappa shape index (κ3) is 1.55. The first kappa shape index (κ1) is 9.59. The molecule has 15 heavy (non-hydrogen) atoms. The Balaban J connectivity index is 1.97. The van der Waals surface area contributed by atoms with Crippen molar-refractivity contribution in [1.29, 1.82) is 0 Å². The largest absolute Gasteiger partial charge is 0.493 e. The fourth-order valence-electron chi connectivity index (χ4n) is 2.33. The maximum absolute atomic E-state index is 5.64. The van der Waals surface area contributed by atoms with E-state index in [0.717, 1.165) is 12.4 Å². The zero-order chi connectivity index (χ0) is 10.3. The van der Waals surface area contributed by atoms with Gasteiger partial charge in [-0.05, 0) is 49.1 Å². The van der Waals surface area contributed by atoms with Crippen LogP contribution in [0.25, 0.3) is 0 Å². The molecule has 0 aromatic heterocycles. The van der Waals surface area contributed by atoms with E-state index in [2.05, 4.69) is 36.9 Å². The van der Waals surface area contributed by atoms with E-state index in [0.29, 0.717) is 4.75 Å². The van der Waals surface area contributed by atoms with Crippen LogP contribution in [0.15, 0.2) is 18.2 Å². The van der Waals surface area contributed by atoms with Gasteiger partial charge in [0.2, 0.25) is 0 Å². The number of ether oxygens (including phenoxy) is 1. The smallest absolute Gasteiger partial charge is 0.122 e. The molecule has 0 radical (unpaired) electrons. The van der Waals surface area contributed by atoms with Gasteiger partial charge in [-0.25, -0.2) is 0 Å². The molecule has 3 rings (SSSR count). The topological polar surface area (TPSA) is 9.23 Å². The molecule has 1 atom stereocenters. The van der Waals surface area contributed by atoms with Crippen molar-refractivity contribution in [3.63, 3.8) is 0 Å². The van der Waals surface area contributed by atoms with Crippen LogP contribution in [-0.2, 0) is 11.2 Å². The van der Waals surface area contributed by atoms with E-state index in [9.17, 15) is 0 Å². The average molecular weight is 220 g/mol. The van der Waals surface area contributed by atoms with E-state index in [-0.39, 0.29) is 0 Å². The van der Waals surface area contributed by atoms with E-state index >= 15 is 0 Å². The van der Waals surface area contributed by atoms with Gasteiger partial charge in [0.1, 0.15) is 5.75 Å². The second kappa shape index (κ2) is 3.44. The lowest BCUT2D eigenvalue weighted by Crippen LogP contribution is -2.28. The molecule has 0 N–H and O–H groups in total. The second-order valence-corrected chi connectivity index (χ2v) is 6.20. The van der Waals surface area contributed by atoms with Crippen molar-refractivity contribution < 1.29 is 4.74 Å². The van der Waals surface area contributed by atoms with Gasteiger partial charge < -0.3 is 4.74 Å². The highest BCUT2D eigenvalue weighted by molar-refractivity contribution is 8.01. The van der Waals surface area contributed by atoms with Crippen LogP contribution >= 0.6 is 11.8 Å². The van der Waals surface area contributed by atoms with E-state index in [1.165, 1.54) is 36.1 Å². The normalized spacial score (nSPS) is 28.9. The van der Waals surface area contributed by atoms with Gasteiger partial charge in [-0.2, -0.15) is 11.8 Å². The van der Waals surface area contributed by atoms with Gasteiger partial charge in [0.05, 0.1) is 6.61 Å². The maximum Gasteiger partial charge on any atom is 0.122 e. The highest BCUT2D eigenvalue weighted by Crippen LogP contribution is 2.49. The second-order valence-electron chi connectivity index (χ2n) is 4.60. The van der Waals surface area contributed by atoms with Gasteiger partial charge in [-0.15, -0.1) is 0 Å². The molecule has 2 heteroatoms. The van der Waals surface area contributed by atoms with E-state index in [1.807, 2.05) is 0 Å². The molecule has 1 aromatic carbocycles. The Morgan fingerprint density at radius 1 is 1.40 bits per heavy atom. The number of fused-ring (bicyclic) bond motifs is 1. The SMILES string of the molecule is CC1(c2ccc3c(c2)CCCO3)CCS1. The van der Waals surface area contributed by atoms with Crippen LogP contribution in [0.4, 0.5) is 0 Å². The summed E-state index contributed by atoms with van der Waals surface area (Å²) in [6.07, 6.45) is 3.67. The summed E-state index contributed by atoms with van der Waals surface area (Å²) < 4.78 is 6.02. The lowest BCUT2D eigenvalue weighted by atomic mass is 9.93. The van der Waals surface area contributed by atoms with Gasteiger partial charge in [0, 0.05) is 4.75 Å². The number of hydrogen-bond donors (Lipinski definition) is 0. The van der Waals surface area contributed by atoms with Gasteiger partial charge in [-0.3, -0.25) is 0 Å². The highest BCUT2D eigenvalue weighted by atomic mass is 32.2. The molecular formula is C13H16OS. The number of hydrogen-bond acceptors (Lipinski definition) is 2. The van der Waals surface area contributed by atoms with Crippen molar-refractivity contribution >= 4 is 11.8 Å². The van der Waals surface area contributed by atoms with E-state index in [4.69, 9.17) is 4.74 Å². The minimum atomic E-state index is 0.381. The van der Waals surface area contributed by atoms with Gasteiger partial charge in [0.15, 0.2) is 0 Å². The Morgan fingerprint density at radius 3 is 3.00 bits per heavy atom. The van der Waals surface area contributed by atoms with Crippen LogP contribution in [0.5, 0.6) is 5.75 Å². The van der Waals surface area contributed by atoms with Crippen molar-refractivity contribution in [1.82, 2.24) is 0 Å². The predicted octanol–water partition coefficient (Wildman–Crippen LogP) is 3.36. The van der Waals surface area contributed by atoms with Crippen molar-refractivity contribution in [2.45, 2.75) is 30.9 Å². The number of benzene rings is 1. The molecule has 80 valence electrons. The molecule has 1 saturated heterocycles. The zero-order valence-corrected chi connectivity index (χ0v) is 9.90. The Hall–Kier alpha value is -0.630. The molecule has 0 spiro atoms. The first-order valence-corrected chi connectivity index (χ1v) is 6.67. The van der Waals surface area contributed by atoms with Crippen molar-refractivity contribution in [2.75, 3.05) is 12.4 Å². The number of aryl methyl sites for hydroxylation is 1. The third-order valence-corrected chi connectivity index (χ3v) is 5.00. The summed E-state index contributed by atoms with van der Waals surface area (Å²) in [5, 5.41) is 0. The summed E-state index contributed by atoms with van der Waals surface area (Å²) in [7, 11) is 0. The van der Waals surface area contributed by atoms with Crippen LogP contribution in [0.1, 0.15) is 30.9 Å². The molecule has 1 fully saturated rings. The molecule has 1 nitrogen and oxygen atoms in total. The third-order valence-electron chi connectivity index (χ3n) is 3.52. The van der Waals surface area contributed by atoms with Crippen molar-refractivity contribution in [2.24, 2.45) is 0 Å². The minimum Gasteiger partial charge on any atom is -0.493 e. The monoisotopic (exact) mass is 220 g/mol. The van der Waals surface area contributed by atoms with Crippen molar-refractivity contribution in [3.8, 4) is 5.75 Å². The van der Waals surface area contributed by atoms with Crippen LogP contribution in [0.2, 0.25) is 0 Å². The molecule has 0 aliphatic carbocycles. The lowest BCUT2D eigenvalue weighted by Gasteiger charge is -2.38. The van der Waals surface area contributed by atoms with Crippen LogP contribution < -0.4 is 4.74 Å². The van der Waals surface area contributed by atoms with Gasteiger partial charge >= 0.3 is 0 Å². The predicted molar refractivity (Wildman–Crippen MR) is 64.7 cm³/mol. The molecule has 2 aliphatic heterocycles. The molecule has 0 amide bonds. The van der Waals surface area contributed by atoms with E-state index in [1.54, 1.807) is 0 Å².